The molecule has 0 unspecified atom stereocenters. The molecule has 2 fully saturated rings. The van der Waals surface area contributed by atoms with Crippen LogP contribution in [0.3, 0.4) is 0 Å². The van der Waals surface area contributed by atoms with E-state index < -0.39 is 0 Å². The van der Waals surface area contributed by atoms with Crippen LogP contribution < -0.4 is 16.0 Å². The Kier molecular flexibility index (Phi) is 3.41. The molecule has 0 amide bonds. The third-order valence-corrected chi connectivity index (χ3v) is 5.13. The molecule has 3 N–H and O–H groups in total. The van der Waals surface area contributed by atoms with E-state index >= 15 is 0 Å². The van der Waals surface area contributed by atoms with Crippen molar-refractivity contribution in [3.05, 3.63) is 11.8 Å². The predicted molar refractivity (Wildman–Crippen MR) is 87.1 cm³/mol. The maximum Gasteiger partial charge on any atom is 0.222 e. The second-order valence-corrected chi connectivity index (χ2v) is 6.48. The summed E-state index contributed by atoms with van der Waals surface area (Å²) >= 11 is 0. The SMILES string of the molecule is CN[C@@H]1CCN(c2nc(N)nc3c(C4CCCC4)coc23)C1. The first kappa shape index (κ1) is 13.8. The van der Waals surface area contributed by atoms with E-state index in [0.717, 1.165) is 36.4 Å². The smallest absolute Gasteiger partial charge is 0.222 e. The van der Waals surface area contributed by atoms with E-state index in [1.807, 2.05) is 13.3 Å². The van der Waals surface area contributed by atoms with Crippen molar-refractivity contribution in [1.29, 1.82) is 0 Å². The molecular formula is C16H23N5O. The van der Waals surface area contributed by atoms with E-state index in [1.165, 1.54) is 31.2 Å². The summed E-state index contributed by atoms with van der Waals surface area (Å²) in [5.41, 5.74) is 8.91. The molecule has 22 heavy (non-hydrogen) atoms. The van der Waals surface area contributed by atoms with E-state index in [2.05, 4.69) is 20.2 Å². The molecule has 3 heterocycles. The first-order chi connectivity index (χ1) is 10.8. The predicted octanol–water partition coefficient (Wildman–Crippen LogP) is 2.26. The van der Waals surface area contributed by atoms with Crippen molar-refractivity contribution in [1.82, 2.24) is 15.3 Å². The Labute approximate surface area is 130 Å². The molecule has 1 aliphatic carbocycles. The average Bonchev–Trinajstić information content (AvgIpc) is 3.25. The molecule has 1 atom stereocenters. The number of likely N-dealkylation sites (N-methyl/N-ethyl adjacent to an activating group) is 1. The highest BCUT2D eigenvalue weighted by molar-refractivity contribution is 5.88. The molecule has 118 valence electrons. The summed E-state index contributed by atoms with van der Waals surface area (Å²) in [4.78, 5) is 11.2. The first-order valence-corrected chi connectivity index (χ1v) is 8.23. The van der Waals surface area contributed by atoms with Crippen LogP contribution in [0.1, 0.15) is 43.6 Å². The fourth-order valence-corrected chi connectivity index (χ4v) is 3.87. The Balaban J connectivity index is 1.75. The van der Waals surface area contributed by atoms with Crippen molar-refractivity contribution < 1.29 is 4.42 Å². The van der Waals surface area contributed by atoms with Gasteiger partial charge in [0.15, 0.2) is 11.4 Å². The van der Waals surface area contributed by atoms with Crippen LogP contribution in [0, 0.1) is 0 Å². The van der Waals surface area contributed by atoms with Crippen LogP contribution >= 0.6 is 0 Å². The number of rotatable bonds is 3. The molecule has 2 aliphatic rings. The van der Waals surface area contributed by atoms with E-state index in [4.69, 9.17) is 10.2 Å². The van der Waals surface area contributed by atoms with Crippen molar-refractivity contribution in [2.75, 3.05) is 30.8 Å². The van der Waals surface area contributed by atoms with Crippen molar-refractivity contribution in [3.8, 4) is 0 Å². The van der Waals surface area contributed by atoms with Gasteiger partial charge in [0.1, 0.15) is 5.52 Å². The highest BCUT2D eigenvalue weighted by Crippen LogP contribution is 2.40. The summed E-state index contributed by atoms with van der Waals surface area (Å²) in [5, 5.41) is 3.33. The molecule has 6 nitrogen and oxygen atoms in total. The normalized spacial score (nSPS) is 23.0. The quantitative estimate of drug-likeness (QED) is 0.905. The number of nitrogens with two attached hydrogens (primary N) is 1. The molecule has 1 saturated carbocycles. The minimum Gasteiger partial charge on any atom is -0.458 e. The van der Waals surface area contributed by atoms with Gasteiger partial charge >= 0.3 is 0 Å². The molecule has 2 aromatic rings. The second-order valence-electron chi connectivity index (χ2n) is 6.48. The summed E-state index contributed by atoms with van der Waals surface area (Å²) in [5.74, 6) is 1.76. The van der Waals surface area contributed by atoms with Crippen LogP contribution in [0.5, 0.6) is 0 Å². The van der Waals surface area contributed by atoms with Gasteiger partial charge in [-0.1, -0.05) is 12.8 Å². The molecule has 0 aromatic carbocycles. The zero-order valence-electron chi connectivity index (χ0n) is 13.0. The Morgan fingerprint density at radius 3 is 2.82 bits per heavy atom. The van der Waals surface area contributed by atoms with Crippen LogP contribution in [0.15, 0.2) is 10.7 Å². The summed E-state index contributed by atoms with van der Waals surface area (Å²) in [6.45, 7) is 1.90. The molecule has 2 aromatic heterocycles. The van der Waals surface area contributed by atoms with Gasteiger partial charge in [-0.3, -0.25) is 0 Å². The van der Waals surface area contributed by atoms with Crippen LogP contribution in [-0.2, 0) is 0 Å². The Bertz CT molecular complexity index is 676. The lowest BCUT2D eigenvalue weighted by Gasteiger charge is -2.17. The fraction of sp³-hybridized carbons (Fsp3) is 0.625. The highest BCUT2D eigenvalue weighted by Gasteiger charge is 2.28. The number of nitrogen functional groups attached to an aromatic ring is 1. The zero-order valence-corrected chi connectivity index (χ0v) is 13.0. The number of hydrogen-bond acceptors (Lipinski definition) is 6. The first-order valence-electron chi connectivity index (χ1n) is 8.23. The van der Waals surface area contributed by atoms with Crippen molar-refractivity contribution >= 4 is 22.9 Å². The van der Waals surface area contributed by atoms with Gasteiger partial charge in [-0.05, 0) is 32.2 Å². The number of anilines is 2. The fourth-order valence-electron chi connectivity index (χ4n) is 3.87. The van der Waals surface area contributed by atoms with Gasteiger partial charge in [-0.2, -0.15) is 4.98 Å². The summed E-state index contributed by atoms with van der Waals surface area (Å²) in [6, 6.07) is 0.496. The third kappa shape index (κ3) is 2.22. The van der Waals surface area contributed by atoms with Crippen LogP contribution in [0.4, 0.5) is 11.8 Å². The molecule has 0 spiro atoms. The van der Waals surface area contributed by atoms with E-state index in [0.29, 0.717) is 17.9 Å². The topological polar surface area (TPSA) is 80.2 Å². The minimum atomic E-state index is 0.344. The van der Waals surface area contributed by atoms with E-state index in [9.17, 15) is 0 Å². The van der Waals surface area contributed by atoms with Crippen LogP contribution in [0.25, 0.3) is 11.1 Å². The number of hydrogen-bond donors (Lipinski definition) is 2. The van der Waals surface area contributed by atoms with E-state index in [-0.39, 0.29) is 0 Å². The van der Waals surface area contributed by atoms with Gasteiger partial charge in [0.05, 0.1) is 6.26 Å². The van der Waals surface area contributed by atoms with Crippen molar-refractivity contribution in [2.24, 2.45) is 0 Å². The van der Waals surface area contributed by atoms with Crippen molar-refractivity contribution in [3.63, 3.8) is 0 Å². The van der Waals surface area contributed by atoms with Gasteiger partial charge in [0, 0.05) is 24.7 Å². The maximum atomic E-state index is 5.98. The van der Waals surface area contributed by atoms with Crippen LogP contribution in [0.2, 0.25) is 0 Å². The summed E-state index contributed by atoms with van der Waals surface area (Å²) < 4.78 is 5.89. The lowest BCUT2D eigenvalue weighted by Crippen LogP contribution is -2.30. The molecule has 6 heteroatoms. The van der Waals surface area contributed by atoms with Gasteiger partial charge < -0.3 is 20.4 Å². The van der Waals surface area contributed by atoms with Gasteiger partial charge in [-0.15, -0.1) is 0 Å². The van der Waals surface area contributed by atoms with Crippen LogP contribution in [-0.4, -0.2) is 36.1 Å². The molecule has 4 rings (SSSR count). The maximum absolute atomic E-state index is 5.98. The molecule has 0 radical (unpaired) electrons. The molecule has 0 bridgehead atoms. The lowest BCUT2D eigenvalue weighted by atomic mass is 10.00. The second kappa shape index (κ2) is 5.43. The Hall–Kier alpha value is -1.82. The average molecular weight is 301 g/mol. The monoisotopic (exact) mass is 301 g/mol. The standard InChI is InChI=1S/C16H23N5O/c1-18-11-6-7-21(8-11)15-14-13(19-16(17)20-15)12(9-22-14)10-4-2-3-5-10/h9-11,18H,2-8H2,1H3,(H2,17,19,20)/t11-/m1/s1. The Morgan fingerprint density at radius 2 is 2.09 bits per heavy atom. The van der Waals surface area contributed by atoms with Gasteiger partial charge in [-0.25, -0.2) is 4.98 Å². The third-order valence-electron chi connectivity index (χ3n) is 5.13. The summed E-state index contributed by atoms with van der Waals surface area (Å²) in [7, 11) is 2.00. The molecule has 1 aliphatic heterocycles. The minimum absolute atomic E-state index is 0.344. The number of furan rings is 1. The van der Waals surface area contributed by atoms with Crippen molar-refractivity contribution in [2.45, 2.75) is 44.1 Å². The molecular weight excluding hydrogens is 278 g/mol. The van der Waals surface area contributed by atoms with Gasteiger partial charge in [0.25, 0.3) is 0 Å². The number of fused-ring (bicyclic) bond motifs is 1. The Morgan fingerprint density at radius 1 is 1.27 bits per heavy atom. The zero-order chi connectivity index (χ0) is 15.1. The van der Waals surface area contributed by atoms with E-state index in [1.54, 1.807) is 0 Å². The highest BCUT2D eigenvalue weighted by atomic mass is 16.3. The largest absolute Gasteiger partial charge is 0.458 e. The number of nitrogens with one attached hydrogen (secondary N) is 1. The van der Waals surface area contributed by atoms with Gasteiger partial charge in [0.2, 0.25) is 5.95 Å². The lowest BCUT2D eigenvalue weighted by molar-refractivity contribution is 0.595. The summed E-state index contributed by atoms with van der Waals surface area (Å²) in [6.07, 6.45) is 8.02. The molecule has 1 saturated heterocycles. The number of aromatic nitrogens is 2. The number of nitrogens with zero attached hydrogens (tertiary/aromatic N) is 3.